The molecule has 0 amide bonds. The van der Waals surface area contributed by atoms with E-state index in [4.69, 9.17) is 9.47 Å². The van der Waals surface area contributed by atoms with E-state index in [1.165, 1.54) is 7.11 Å². The lowest BCUT2D eigenvalue weighted by Gasteiger charge is -2.26. The predicted octanol–water partition coefficient (Wildman–Crippen LogP) is 2.31. The van der Waals surface area contributed by atoms with E-state index in [0.717, 1.165) is 38.7 Å². The normalized spacial score (nSPS) is 25.9. The van der Waals surface area contributed by atoms with Crippen LogP contribution in [0.3, 0.4) is 0 Å². The van der Waals surface area contributed by atoms with Gasteiger partial charge in [0, 0.05) is 0 Å². The van der Waals surface area contributed by atoms with E-state index in [2.05, 4.69) is 6.58 Å². The number of carbonyl (C=O) groups is 1. The van der Waals surface area contributed by atoms with Gasteiger partial charge in [-0.15, -0.1) is 6.58 Å². The number of methoxy groups -OCH3 is 1. The molecule has 1 fully saturated rings. The Labute approximate surface area is 91.4 Å². The van der Waals surface area contributed by atoms with Gasteiger partial charge in [0.1, 0.15) is 0 Å². The molecule has 1 rings (SSSR count). The Morgan fingerprint density at radius 2 is 2.07 bits per heavy atom. The van der Waals surface area contributed by atoms with Gasteiger partial charge in [0.05, 0.1) is 25.7 Å². The van der Waals surface area contributed by atoms with Gasteiger partial charge >= 0.3 is 5.97 Å². The summed E-state index contributed by atoms with van der Waals surface area (Å²) < 4.78 is 10.4. The van der Waals surface area contributed by atoms with Gasteiger partial charge in [-0.05, 0) is 32.1 Å². The van der Waals surface area contributed by atoms with Gasteiger partial charge in [0.15, 0.2) is 0 Å². The van der Waals surface area contributed by atoms with Crippen LogP contribution in [0.2, 0.25) is 0 Å². The number of ether oxygens (including phenoxy) is 2. The predicted molar refractivity (Wildman–Crippen MR) is 58.5 cm³/mol. The topological polar surface area (TPSA) is 35.5 Å². The molecule has 3 heteroatoms. The van der Waals surface area contributed by atoms with Crippen LogP contribution < -0.4 is 0 Å². The van der Waals surface area contributed by atoms with Gasteiger partial charge in [0.2, 0.25) is 0 Å². The number of rotatable bonds is 5. The van der Waals surface area contributed by atoms with E-state index >= 15 is 0 Å². The second-order valence-corrected chi connectivity index (χ2v) is 3.94. The van der Waals surface area contributed by atoms with Crippen molar-refractivity contribution in [3.8, 4) is 0 Å². The Kier molecular flexibility index (Phi) is 5.40. The van der Waals surface area contributed by atoms with Crippen molar-refractivity contribution in [1.29, 1.82) is 0 Å². The highest BCUT2D eigenvalue weighted by Crippen LogP contribution is 2.27. The van der Waals surface area contributed by atoms with Crippen LogP contribution in [0.15, 0.2) is 12.7 Å². The quantitative estimate of drug-likeness (QED) is 0.398. The van der Waals surface area contributed by atoms with E-state index in [1.807, 2.05) is 6.08 Å². The Morgan fingerprint density at radius 3 is 2.60 bits per heavy atom. The molecule has 1 saturated carbocycles. The zero-order valence-electron chi connectivity index (χ0n) is 9.41. The Hall–Kier alpha value is -0.830. The van der Waals surface area contributed by atoms with Crippen LogP contribution in [0.25, 0.3) is 0 Å². The second-order valence-electron chi connectivity index (χ2n) is 3.94. The zero-order valence-corrected chi connectivity index (χ0v) is 9.41. The molecule has 0 atom stereocenters. The highest BCUT2D eigenvalue weighted by atomic mass is 16.5. The third-order valence-corrected chi connectivity index (χ3v) is 2.88. The maximum atomic E-state index is 11.3. The molecule has 1 aliphatic rings. The summed E-state index contributed by atoms with van der Waals surface area (Å²) in [7, 11) is 1.45. The van der Waals surface area contributed by atoms with Crippen molar-refractivity contribution >= 4 is 5.97 Å². The number of carbonyl (C=O) groups excluding carboxylic acids is 1. The monoisotopic (exact) mass is 212 g/mol. The lowest BCUT2D eigenvalue weighted by molar-refractivity contribution is -0.147. The fraction of sp³-hybridized carbons (Fsp3) is 0.750. The molecule has 0 aliphatic heterocycles. The third kappa shape index (κ3) is 4.04. The molecule has 86 valence electrons. The van der Waals surface area contributed by atoms with Crippen molar-refractivity contribution in [3.05, 3.63) is 12.7 Å². The lowest BCUT2D eigenvalue weighted by atomic mass is 9.87. The molecule has 0 unspecified atom stereocenters. The zero-order chi connectivity index (χ0) is 11.1. The smallest absolute Gasteiger partial charge is 0.308 e. The fourth-order valence-electron chi connectivity index (χ4n) is 1.95. The van der Waals surface area contributed by atoms with E-state index in [9.17, 15) is 4.79 Å². The highest BCUT2D eigenvalue weighted by molar-refractivity contribution is 5.72. The molecule has 0 N–H and O–H groups in total. The van der Waals surface area contributed by atoms with Crippen molar-refractivity contribution in [2.75, 3.05) is 13.7 Å². The van der Waals surface area contributed by atoms with Gasteiger partial charge in [-0.2, -0.15) is 0 Å². The first-order chi connectivity index (χ1) is 7.27. The molecule has 0 saturated heterocycles. The maximum absolute atomic E-state index is 11.3. The third-order valence-electron chi connectivity index (χ3n) is 2.88. The number of hydrogen-bond donors (Lipinski definition) is 0. The van der Waals surface area contributed by atoms with Gasteiger partial charge < -0.3 is 9.47 Å². The summed E-state index contributed by atoms with van der Waals surface area (Å²) in [6.07, 6.45) is 6.81. The van der Waals surface area contributed by atoms with E-state index in [-0.39, 0.29) is 11.9 Å². The summed E-state index contributed by atoms with van der Waals surface area (Å²) in [6.45, 7) is 4.40. The lowest BCUT2D eigenvalue weighted by Crippen LogP contribution is -2.27. The summed E-state index contributed by atoms with van der Waals surface area (Å²) in [5, 5.41) is 0. The van der Waals surface area contributed by atoms with Crippen LogP contribution in [-0.4, -0.2) is 25.8 Å². The summed E-state index contributed by atoms with van der Waals surface area (Å²) in [6, 6.07) is 0. The van der Waals surface area contributed by atoms with Crippen molar-refractivity contribution in [3.63, 3.8) is 0 Å². The van der Waals surface area contributed by atoms with Crippen LogP contribution in [0.4, 0.5) is 0 Å². The van der Waals surface area contributed by atoms with Gasteiger partial charge in [-0.25, -0.2) is 0 Å². The SMILES string of the molecule is C=CCCOC1CCC(C(=O)OC)CC1. The number of esters is 1. The van der Waals surface area contributed by atoms with Crippen molar-refractivity contribution in [2.45, 2.75) is 38.2 Å². The molecular weight excluding hydrogens is 192 g/mol. The molecule has 0 radical (unpaired) electrons. The molecular formula is C12H20O3. The molecule has 0 aromatic rings. The Bertz CT molecular complexity index is 205. The molecule has 15 heavy (non-hydrogen) atoms. The van der Waals surface area contributed by atoms with Gasteiger partial charge in [-0.1, -0.05) is 6.08 Å². The standard InChI is InChI=1S/C12H20O3/c1-3-4-9-15-11-7-5-10(6-8-11)12(13)14-2/h3,10-11H,1,4-9H2,2H3. The van der Waals surface area contributed by atoms with Crippen LogP contribution in [0, 0.1) is 5.92 Å². The maximum Gasteiger partial charge on any atom is 0.308 e. The molecule has 0 heterocycles. The Morgan fingerprint density at radius 1 is 1.40 bits per heavy atom. The van der Waals surface area contributed by atoms with E-state index < -0.39 is 0 Å². The molecule has 0 aromatic heterocycles. The Balaban J connectivity index is 2.17. The van der Waals surface area contributed by atoms with Crippen LogP contribution in [0.5, 0.6) is 0 Å². The average Bonchev–Trinajstić information content (AvgIpc) is 2.29. The minimum Gasteiger partial charge on any atom is -0.469 e. The van der Waals surface area contributed by atoms with Gasteiger partial charge in [-0.3, -0.25) is 4.79 Å². The van der Waals surface area contributed by atoms with Crippen LogP contribution in [0.1, 0.15) is 32.1 Å². The first-order valence-corrected chi connectivity index (χ1v) is 5.58. The summed E-state index contributed by atoms with van der Waals surface area (Å²) in [4.78, 5) is 11.3. The second kappa shape index (κ2) is 6.62. The molecule has 0 aromatic carbocycles. The van der Waals surface area contributed by atoms with Gasteiger partial charge in [0.25, 0.3) is 0 Å². The van der Waals surface area contributed by atoms with E-state index in [0.29, 0.717) is 6.10 Å². The molecule has 3 nitrogen and oxygen atoms in total. The minimum absolute atomic E-state index is 0.0699. The fourth-order valence-corrected chi connectivity index (χ4v) is 1.95. The van der Waals surface area contributed by atoms with Crippen LogP contribution in [-0.2, 0) is 14.3 Å². The largest absolute Gasteiger partial charge is 0.469 e. The molecule has 1 aliphatic carbocycles. The minimum atomic E-state index is -0.0699. The molecule has 0 bridgehead atoms. The summed E-state index contributed by atoms with van der Waals surface area (Å²) in [5.74, 6) is 0.0220. The highest BCUT2D eigenvalue weighted by Gasteiger charge is 2.26. The first-order valence-electron chi connectivity index (χ1n) is 5.58. The van der Waals surface area contributed by atoms with Crippen molar-refractivity contribution < 1.29 is 14.3 Å². The van der Waals surface area contributed by atoms with Crippen LogP contribution >= 0.6 is 0 Å². The van der Waals surface area contributed by atoms with E-state index in [1.54, 1.807) is 0 Å². The number of hydrogen-bond acceptors (Lipinski definition) is 3. The van der Waals surface area contributed by atoms with Crippen molar-refractivity contribution in [1.82, 2.24) is 0 Å². The average molecular weight is 212 g/mol. The van der Waals surface area contributed by atoms with Crippen molar-refractivity contribution in [2.24, 2.45) is 5.92 Å². The first kappa shape index (κ1) is 12.2. The molecule has 0 spiro atoms. The summed E-state index contributed by atoms with van der Waals surface area (Å²) in [5.41, 5.74) is 0. The summed E-state index contributed by atoms with van der Waals surface area (Å²) >= 11 is 0.